The van der Waals surface area contributed by atoms with Crippen molar-refractivity contribution in [2.45, 2.75) is 26.7 Å². The Kier molecular flexibility index (Phi) is 2.62. The minimum Gasteiger partial charge on any atom is -0.370 e. The van der Waals surface area contributed by atoms with Crippen molar-refractivity contribution in [3.8, 4) is 0 Å². The molecule has 0 aromatic heterocycles. The van der Waals surface area contributed by atoms with Crippen LogP contribution >= 0.6 is 0 Å². The summed E-state index contributed by atoms with van der Waals surface area (Å²) in [5, 5.41) is 3.55. The number of anilines is 1. The van der Waals surface area contributed by atoms with E-state index in [2.05, 4.69) is 42.3 Å². The molecule has 2 aliphatic rings. The van der Waals surface area contributed by atoms with Gasteiger partial charge in [-0.2, -0.15) is 0 Å². The second-order valence-corrected chi connectivity index (χ2v) is 5.86. The fourth-order valence-corrected chi connectivity index (χ4v) is 3.31. The van der Waals surface area contributed by atoms with Gasteiger partial charge in [0.05, 0.1) is 0 Å². The maximum atomic E-state index is 3.55. The van der Waals surface area contributed by atoms with Crippen LogP contribution in [0.2, 0.25) is 0 Å². The van der Waals surface area contributed by atoms with Crippen LogP contribution in [-0.4, -0.2) is 26.2 Å². The van der Waals surface area contributed by atoms with E-state index in [0.717, 1.165) is 0 Å². The van der Waals surface area contributed by atoms with E-state index in [-0.39, 0.29) is 0 Å². The van der Waals surface area contributed by atoms with E-state index >= 15 is 0 Å². The molecule has 0 amide bonds. The van der Waals surface area contributed by atoms with E-state index in [1.165, 1.54) is 55.8 Å². The number of nitrogens with zero attached hydrogens (tertiary/aromatic N) is 1. The van der Waals surface area contributed by atoms with Gasteiger partial charge in [-0.05, 0) is 50.4 Å². The molecule has 2 saturated heterocycles. The van der Waals surface area contributed by atoms with E-state index in [4.69, 9.17) is 0 Å². The highest BCUT2D eigenvalue weighted by molar-refractivity contribution is 5.58. The molecule has 2 heterocycles. The molecule has 0 saturated carbocycles. The van der Waals surface area contributed by atoms with Crippen LogP contribution in [0.5, 0.6) is 0 Å². The molecule has 1 N–H and O–H groups in total. The zero-order valence-electron chi connectivity index (χ0n) is 10.9. The van der Waals surface area contributed by atoms with Crippen LogP contribution in [0, 0.1) is 19.3 Å². The Morgan fingerprint density at radius 3 is 2.76 bits per heavy atom. The van der Waals surface area contributed by atoms with Crippen molar-refractivity contribution in [2.24, 2.45) is 5.41 Å². The van der Waals surface area contributed by atoms with Crippen LogP contribution in [0.25, 0.3) is 0 Å². The van der Waals surface area contributed by atoms with Gasteiger partial charge in [-0.15, -0.1) is 0 Å². The molecule has 0 unspecified atom stereocenters. The Bertz CT molecular complexity index is 411. The van der Waals surface area contributed by atoms with Gasteiger partial charge in [0.25, 0.3) is 0 Å². The van der Waals surface area contributed by atoms with Crippen LogP contribution in [-0.2, 0) is 0 Å². The average molecular weight is 230 g/mol. The lowest BCUT2D eigenvalue weighted by Gasteiger charge is -2.54. The summed E-state index contributed by atoms with van der Waals surface area (Å²) in [5.74, 6) is 0. The normalized spacial score (nSPS) is 22.6. The largest absolute Gasteiger partial charge is 0.370 e. The van der Waals surface area contributed by atoms with Gasteiger partial charge < -0.3 is 10.2 Å². The minimum absolute atomic E-state index is 0.578. The van der Waals surface area contributed by atoms with Crippen molar-refractivity contribution in [1.82, 2.24) is 5.32 Å². The lowest BCUT2D eigenvalue weighted by Crippen LogP contribution is -2.62. The highest BCUT2D eigenvalue weighted by Gasteiger charge is 2.43. The third-order valence-corrected chi connectivity index (χ3v) is 4.53. The zero-order valence-corrected chi connectivity index (χ0v) is 10.9. The molecule has 17 heavy (non-hydrogen) atoms. The number of rotatable bonds is 1. The third kappa shape index (κ3) is 1.85. The number of benzene rings is 1. The molecule has 3 rings (SSSR count). The molecule has 2 nitrogen and oxygen atoms in total. The summed E-state index contributed by atoms with van der Waals surface area (Å²) >= 11 is 0. The summed E-state index contributed by atoms with van der Waals surface area (Å²) in [6.45, 7) is 9.36. The van der Waals surface area contributed by atoms with Gasteiger partial charge >= 0.3 is 0 Å². The first-order valence-electron chi connectivity index (χ1n) is 6.72. The molecule has 1 aromatic carbocycles. The number of aryl methyl sites for hydroxylation is 1. The zero-order chi connectivity index (χ0) is 11.9. The van der Waals surface area contributed by atoms with Crippen LogP contribution in [0.4, 0.5) is 5.69 Å². The van der Waals surface area contributed by atoms with Crippen molar-refractivity contribution >= 4 is 5.69 Å². The second-order valence-electron chi connectivity index (χ2n) is 5.86. The number of hydrogen-bond donors (Lipinski definition) is 1. The molecule has 0 bridgehead atoms. The topological polar surface area (TPSA) is 15.3 Å². The SMILES string of the molecule is Cc1cccc(N2CC3(CCCNC3)C2)c1C. The van der Waals surface area contributed by atoms with Gasteiger partial charge in [-0.25, -0.2) is 0 Å². The van der Waals surface area contributed by atoms with Crippen LogP contribution in [0.15, 0.2) is 18.2 Å². The first-order valence-corrected chi connectivity index (χ1v) is 6.72. The standard InChI is InChI=1S/C15H22N2/c1-12-5-3-6-14(13(12)2)17-10-15(11-17)7-4-8-16-9-15/h3,5-6,16H,4,7-11H2,1-2H3. The lowest BCUT2D eigenvalue weighted by atomic mass is 9.73. The second kappa shape index (κ2) is 4.02. The molecule has 1 spiro atoms. The predicted molar refractivity (Wildman–Crippen MR) is 72.7 cm³/mol. The molecular formula is C15H22N2. The molecule has 2 aliphatic heterocycles. The van der Waals surface area contributed by atoms with E-state index in [1.54, 1.807) is 0 Å². The Balaban J connectivity index is 1.74. The Hall–Kier alpha value is -1.02. The van der Waals surface area contributed by atoms with Gasteiger partial charge in [0.15, 0.2) is 0 Å². The van der Waals surface area contributed by atoms with Crippen LogP contribution in [0.1, 0.15) is 24.0 Å². The van der Waals surface area contributed by atoms with Crippen molar-refractivity contribution in [1.29, 1.82) is 0 Å². The van der Waals surface area contributed by atoms with Gasteiger partial charge in [0, 0.05) is 30.7 Å². The monoisotopic (exact) mass is 230 g/mol. The summed E-state index contributed by atoms with van der Waals surface area (Å²) in [4.78, 5) is 2.55. The summed E-state index contributed by atoms with van der Waals surface area (Å²) in [6.07, 6.45) is 2.75. The number of piperidine rings is 1. The van der Waals surface area contributed by atoms with E-state index in [1.807, 2.05) is 0 Å². The predicted octanol–water partition coefficient (Wildman–Crippen LogP) is 2.49. The average Bonchev–Trinajstić information content (AvgIpc) is 2.31. The Morgan fingerprint density at radius 2 is 2.06 bits per heavy atom. The number of nitrogens with one attached hydrogen (secondary N) is 1. The van der Waals surface area contributed by atoms with Crippen LogP contribution in [0.3, 0.4) is 0 Å². The highest BCUT2D eigenvalue weighted by atomic mass is 15.2. The minimum atomic E-state index is 0.578. The molecule has 2 fully saturated rings. The van der Waals surface area contributed by atoms with Gasteiger partial charge in [0.2, 0.25) is 0 Å². The van der Waals surface area contributed by atoms with Crippen LogP contribution < -0.4 is 10.2 Å². The first kappa shape index (κ1) is 11.1. The highest BCUT2D eigenvalue weighted by Crippen LogP contribution is 2.40. The fourth-order valence-electron chi connectivity index (χ4n) is 3.31. The summed E-state index contributed by atoms with van der Waals surface area (Å²) in [7, 11) is 0. The van der Waals surface area contributed by atoms with Gasteiger partial charge in [-0.1, -0.05) is 12.1 Å². The maximum absolute atomic E-state index is 3.55. The van der Waals surface area contributed by atoms with Crippen molar-refractivity contribution in [3.63, 3.8) is 0 Å². The van der Waals surface area contributed by atoms with Crippen molar-refractivity contribution in [3.05, 3.63) is 29.3 Å². The van der Waals surface area contributed by atoms with Gasteiger partial charge in [-0.3, -0.25) is 0 Å². The molecule has 0 atom stereocenters. The Morgan fingerprint density at radius 1 is 1.24 bits per heavy atom. The Labute approximate surface area is 104 Å². The molecule has 0 radical (unpaired) electrons. The van der Waals surface area contributed by atoms with Crippen molar-refractivity contribution < 1.29 is 0 Å². The summed E-state index contributed by atoms with van der Waals surface area (Å²) < 4.78 is 0. The molecule has 1 aromatic rings. The smallest absolute Gasteiger partial charge is 0.0398 e. The van der Waals surface area contributed by atoms with Crippen molar-refractivity contribution in [2.75, 3.05) is 31.1 Å². The quantitative estimate of drug-likeness (QED) is 0.797. The first-order chi connectivity index (χ1) is 8.20. The van der Waals surface area contributed by atoms with E-state index < -0.39 is 0 Å². The maximum Gasteiger partial charge on any atom is 0.0398 e. The number of hydrogen-bond acceptors (Lipinski definition) is 2. The van der Waals surface area contributed by atoms with E-state index in [9.17, 15) is 0 Å². The fraction of sp³-hybridized carbons (Fsp3) is 0.600. The third-order valence-electron chi connectivity index (χ3n) is 4.53. The molecular weight excluding hydrogens is 208 g/mol. The lowest BCUT2D eigenvalue weighted by molar-refractivity contribution is 0.156. The summed E-state index contributed by atoms with van der Waals surface area (Å²) in [6, 6.07) is 6.66. The summed E-state index contributed by atoms with van der Waals surface area (Å²) in [5.41, 5.74) is 4.88. The van der Waals surface area contributed by atoms with E-state index in [0.29, 0.717) is 5.41 Å². The molecule has 92 valence electrons. The molecule has 2 heteroatoms. The molecule has 0 aliphatic carbocycles. The van der Waals surface area contributed by atoms with Gasteiger partial charge in [0.1, 0.15) is 0 Å².